The van der Waals surface area contributed by atoms with Crippen LogP contribution in [0.5, 0.6) is 0 Å². The van der Waals surface area contributed by atoms with Gasteiger partial charge in [-0.1, -0.05) is 48.0 Å². The van der Waals surface area contributed by atoms with Crippen molar-refractivity contribution in [3.8, 4) is 0 Å². The molecule has 0 saturated carbocycles. The van der Waals surface area contributed by atoms with Crippen molar-refractivity contribution in [1.29, 1.82) is 0 Å². The van der Waals surface area contributed by atoms with Crippen molar-refractivity contribution in [2.45, 2.75) is 20.8 Å². The molecule has 0 unspecified atom stereocenters. The maximum Gasteiger partial charge on any atom is 0.260 e. The summed E-state index contributed by atoms with van der Waals surface area (Å²) in [5.74, 6) is -0.818. The second kappa shape index (κ2) is 11.0. The van der Waals surface area contributed by atoms with Crippen LogP contribution in [-0.4, -0.2) is 38.7 Å². The standard InChI is InChI=1S/C26H28N4O4S/c1-18-13-14-24(19(2)15-18)30(35(4,33)34)17-25(31)29-28-20(3)22-11-8-12-23(16-22)27-26(32)21-9-6-5-7-10-21/h5-16H,17H2,1-4H3,(H,27,32)(H,29,31)/b28-20-. The highest BCUT2D eigenvalue weighted by atomic mass is 32.2. The molecule has 0 bridgehead atoms. The lowest BCUT2D eigenvalue weighted by Gasteiger charge is -2.23. The smallest absolute Gasteiger partial charge is 0.260 e. The van der Waals surface area contributed by atoms with Gasteiger partial charge in [-0.25, -0.2) is 13.8 Å². The number of carbonyl (C=O) groups excluding carboxylic acids is 2. The Labute approximate surface area is 205 Å². The zero-order valence-corrected chi connectivity index (χ0v) is 20.9. The first-order valence-electron chi connectivity index (χ1n) is 10.9. The highest BCUT2D eigenvalue weighted by Crippen LogP contribution is 2.23. The van der Waals surface area contributed by atoms with Gasteiger partial charge in [0.1, 0.15) is 6.54 Å². The number of rotatable bonds is 8. The number of amides is 2. The van der Waals surface area contributed by atoms with Gasteiger partial charge in [-0.3, -0.25) is 13.9 Å². The van der Waals surface area contributed by atoms with Crippen molar-refractivity contribution >= 4 is 38.9 Å². The number of hydrogen-bond acceptors (Lipinski definition) is 5. The summed E-state index contributed by atoms with van der Waals surface area (Å²) in [6, 6.07) is 21.2. The molecule has 9 heteroatoms. The van der Waals surface area contributed by atoms with E-state index in [0.29, 0.717) is 28.2 Å². The summed E-state index contributed by atoms with van der Waals surface area (Å²) in [7, 11) is -3.70. The predicted octanol–water partition coefficient (Wildman–Crippen LogP) is 3.86. The lowest BCUT2D eigenvalue weighted by molar-refractivity contribution is -0.119. The number of nitrogens with one attached hydrogen (secondary N) is 2. The van der Waals surface area contributed by atoms with E-state index in [9.17, 15) is 18.0 Å². The first-order chi connectivity index (χ1) is 16.5. The monoisotopic (exact) mass is 492 g/mol. The fraction of sp³-hybridized carbons (Fsp3) is 0.192. The summed E-state index contributed by atoms with van der Waals surface area (Å²) in [4.78, 5) is 25.0. The second-order valence-electron chi connectivity index (χ2n) is 8.19. The van der Waals surface area contributed by atoms with Gasteiger partial charge in [0.25, 0.3) is 11.8 Å². The maximum absolute atomic E-state index is 12.6. The van der Waals surface area contributed by atoms with Crippen LogP contribution in [0.25, 0.3) is 0 Å². The highest BCUT2D eigenvalue weighted by Gasteiger charge is 2.22. The Bertz CT molecular complexity index is 1370. The number of hydrazone groups is 1. The Morgan fingerprint density at radius 3 is 2.26 bits per heavy atom. The van der Waals surface area contributed by atoms with Crippen molar-refractivity contribution in [2.24, 2.45) is 5.10 Å². The molecule has 0 aliphatic rings. The third kappa shape index (κ3) is 7.00. The van der Waals surface area contributed by atoms with Gasteiger partial charge in [-0.15, -0.1) is 0 Å². The van der Waals surface area contributed by atoms with Gasteiger partial charge in [0.2, 0.25) is 10.0 Å². The highest BCUT2D eigenvalue weighted by molar-refractivity contribution is 7.92. The summed E-state index contributed by atoms with van der Waals surface area (Å²) < 4.78 is 25.8. The van der Waals surface area contributed by atoms with E-state index >= 15 is 0 Å². The molecule has 0 heterocycles. The van der Waals surface area contributed by atoms with Gasteiger partial charge in [-0.2, -0.15) is 5.10 Å². The summed E-state index contributed by atoms with van der Waals surface area (Å²) in [6.45, 7) is 5.00. The lowest BCUT2D eigenvalue weighted by Crippen LogP contribution is -2.39. The number of nitrogens with zero attached hydrogens (tertiary/aromatic N) is 2. The summed E-state index contributed by atoms with van der Waals surface area (Å²) in [5.41, 5.74) is 6.90. The van der Waals surface area contributed by atoms with Crippen molar-refractivity contribution in [1.82, 2.24) is 5.43 Å². The second-order valence-corrected chi connectivity index (χ2v) is 10.1. The maximum atomic E-state index is 12.6. The first-order valence-corrected chi connectivity index (χ1v) is 12.7. The van der Waals surface area contributed by atoms with Gasteiger partial charge in [0.15, 0.2) is 0 Å². The van der Waals surface area contributed by atoms with Gasteiger partial charge >= 0.3 is 0 Å². The fourth-order valence-corrected chi connectivity index (χ4v) is 4.37. The molecule has 3 aromatic carbocycles. The fourth-order valence-electron chi connectivity index (χ4n) is 3.46. The molecule has 0 atom stereocenters. The Hall–Kier alpha value is -3.98. The summed E-state index contributed by atoms with van der Waals surface area (Å²) in [5, 5.41) is 6.95. The summed E-state index contributed by atoms with van der Waals surface area (Å²) >= 11 is 0. The molecule has 3 rings (SSSR count). The quantitative estimate of drug-likeness (QED) is 0.368. The van der Waals surface area contributed by atoms with Crippen LogP contribution >= 0.6 is 0 Å². The molecule has 0 fully saturated rings. The molecular weight excluding hydrogens is 464 g/mol. The first kappa shape index (κ1) is 25.6. The number of carbonyl (C=O) groups is 2. The minimum absolute atomic E-state index is 0.238. The van der Waals surface area contributed by atoms with E-state index in [1.807, 2.05) is 19.1 Å². The number of aryl methyl sites for hydroxylation is 2. The van der Waals surface area contributed by atoms with Crippen LogP contribution in [0.15, 0.2) is 77.9 Å². The molecule has 0 aromatic heterocycles. The number of benzene rings is 3. The Morgan fingerprint density at radius 2 is 1.60 bits per heavy atom. The Kier molecular flexibility index (Phi) is 8.03. The van der Waals surface area contributed by atoms with Crippen molar-refractivity contribution in [2.75, 3.05) is 22.4 Å². The van der Waals surface area contributed by atoms with Gasteiger partial charge in [0.05, 0.1) is 17.7 Å². The molecule has 8 nitrogen and oxygen atoms in total. The SMILES string of the molecule is C/C(=N/NC(=O)CN(c1ccc(C)cc1C)S(C)(=O)=O)c1cccc(NC(=O)c2ccccc2)c1. The van der Waals surface area contributed by atoms with Crippen LogP contribution in [-0.2, 0) is 14.8 Å². The normalized spacial score (nSPS) is 11.6. The molecule has 0 aliphatic carbocycles. The number of sulfonamides is 1. The third-order valence-corrected chi connectivity index (χ3v) is 6.36. The minimum Gasteiger partial charge on any atom is -0.322 e. The molecule has 0 radical (unpaired) electrons. The summed E-state index contributed by atoms with van der Waals surface area (Å²) in [6.07, 6.45) is 1.06. The lowest BCUT2D eigenvalue weighted by atomic mass is 10.1. The van der Waals surface area contributed by atoms with Crippen molar-refractivity contribution < 1.29 is 18.0 Å². The van der Waals surface area contributed by atoms with E-state index in [-0.39, 0.29) is 5.91 Å². The average Bonchev–Trinajstić information content (AvgIpc) is 2.81. The molecular formula is C26H28N4O4S. The van der Waals surface area contributed by atoms with Crippen LogP contribution in [0.3, 0.4) is 0 Å². The van der Waals surface area contributed by atoms with E-state index in [0.717, 1.165) is 21.7 Å². The van der Waals surface area contributed by atoms with E-state index in [2.05, 4.69) is 15.8 Å². The van der Waals surface area contributed by atoms with Gasteiger partial charge in [-0.05, 0) is 62.2 Å². The van der Waals surface area contributed by atoms with Gasteiger partial charge < -0.3 is 5.32 Å². The van der Waals surface area contributed by atoms with Crippen LogP contribution in [0, 0.1) is 13.8 Å². The van der Waals surface area contributed by atoms with Crippen LogP contribution in [0.2, 0.25) is 0 Å². The molecule has 0 saturated heterocycles. The van der Waals surface area contributed by atoms with E-state index in [1.165, 1.54) is 0 Å². The molecule has 182 valence electrons. The van der Waals surface area contributed by atoms with Crippen LogP contribution in [0.4, 0.5) is 11.4 Å². The number of anilines is 2. The van der Waals surface area contributed by atoms with Crippen molar-refractivity contribution in [3.05, 3.63) is 95.1 Å². The topological polar surface area (TPSA) is 108 Å². The Morgan fingerprint density at radius 1 is 0.914 bits per heavy atom. The molecule has 0 aliphatic heterocycles. The van der Waals surface area contributed by atoms with Crippen molar-refractivity contribution in [3.63, 3.8) is 0 Å². The molecule has 2 N–H and O–H groups in total. The van der Waals surface area contributed by atoms with Gasteiger partial charge in [0, 0.05) is 11.3 Å². The number of hydrogen-bond donors (Lipinski definition) is 2. The third-order valence-electron chi connectivity index (χ3n) is 5.23. The predicted molar refractivity (Wildman–Crippen MR) is 139 cm³/mol. The Balaban J connectivity index is 1.70. The zero-order valence-electron chi connectivity index (χ0n) is 20.1. The minimum atomic E-state index is -3.70. The van der Waals surface area contributed by atoms with Crippen LogP contribution < -0.4 is 15.0 Å². The van der Waals surface area contributed by atoms with E-state index < -0.39 is 22.5 Å². The molecule has 3 aromatic rings. The van der Waals surface area contributed by atoms with E-state index in [1.54, 1.807) is 74.5 Å². The van der Waals surface area contributed by atoms with E-state index in [4.69, 9.17) is 0 Å². The molecule has 0 spiro atoms. The molecule has 35 heavy (non-hydrogen) atoms. The zero-order chi connectivity index (χ0) is 25.6. The molecule has 2 amide bonds. The average molecular weight is 493 g/mol. The largest absolute Gasteiger partial charge is 0.322 e. The van der Waals surface area contributed by atoms with Crippen LogP contribution in [0.1, 0.15) is 34.0 Å².